The molecular weight excluding hydrogens is 134 g/mol. The second kappa shape index (κ2) is 3.91. The van der Waals surface area contributed by atoms with Crippen LogP contribution in [0, 0.1) is 0 Å². The first-order valence-corrected chi connectivity index (χ1v) is 4.57. The molecule has 1 aliphatic rings. The summed E-state index contributed by atoms with van der Waals surface area (Å²) in [6.07, 6.45) is 5.09. The Labute approximate surface area is 70.1 Å². The maximum absolute atomic E-state index is 2.55. The van der Waals surface area contributed by atoms with E-state index in [1.807, 2.05) is 0 Å². The zero-order valence-corrected chi connectivity index (χ0v) is 7.93. The molecule has 0 aromatic heterocycles. The Morgan fingerprint density at radius 1 is 1.55 bits per heavy atom. The summed E-state index contributed by atoms with van der Waals surface area (Å²) < 4.78 is 0. The van der Waals surface area contributed by atoms with Crippen LogP contribution in [0.15, 0.2) is 11.6 Å². The molecule has 1 unspecified atom stereocenters. The monoisotopic (exact) mass is 153 g/mol. The third-order valence-corrected chi connectivity index (χ3v) is 2.42. The van der Waals surface area contributed by atoms with E-state index in [1.165, 1.54) is 25.0 Å². The first-order valence-electron chi connectivity index (χ1n) is 4.57. The first kappa shape index (κ1) is 8.79. The van der Waals surface area contributed by atoms with Crippen LogP contribution in [-0.2, 0) is 0 Å². The van der Waals surface area contributed by atoms with E-state index in [0.29, 0.717) is 0 Å². The van der Waals surface area contributed by atoms with Gasteiger partial charge in [-0.15, -0.1) is 0 Å². The molecule has 0 N–H and O–H groups in total. The van der Waals surface area contributed by atoms with Crippen molar-refractivity contribution in [3.63, 3.8) is 0 Å². The molecule has 0 saturated carbocycles. The zero-order valence-electron chi connectivity index (χ0n) is 7.93. The van der Waals surface area contributed by atoms with E-state index in [-0.39, 0.29) is 0 Å². The lowest BCUT2D eigenvalue weighted by atomic mass is 10.2. The minimum Gasteiger partial charge on any atom is -0.297 e. The fourth-order valence-corrected chi connectivity index (χ4v) is 1.56. The van der Waals surface area contributed by atoms with Gasteiger partial charge in [0, 0.05) is 12.6 Å². The van der Waals surface area contributed by atoms with E-state index in [9.17, 15) is 0 Å². The van der Waals surface area contributed by atoms with Crippen LogP contribution in [-0.4, -0.2) is 24.0 Å². The van der Waals surface area contributed by atoms with Crippen molar-refractivity contribution in [2.45, 2.75) is 39.7 Å². The third-order valence-electron chi connectivity index (χ3n) is 2.42. The standard InChI is InChI=1S/C10H19N/c1-9(2)6-8-11-7-4-5-10(11)3/h6,10H,4-5,7-8H2,1-3H3. The van der Waals surface area contributed by atoms with Gasteiger partial charge < -0.3 is 0 Å². The highest BCUT2D eigenvalue weighted by Crippen LogP contribution is 2.15. The van der Waals surface area contributed by atoms with E-state index in [0.717, 1.165) is 12.6 Å². The van der Waals surface area contributed by atoms with Gasteiger partial charge in [0.2, 0.25) is 0 Å². The van der Waals surface area contributed by atoms with Gasteiger partial charge in [-0.1, -0.05) is 11.6 Å². The van der Waals surface area contributed by atoms with Gasteiger partial charge in [0.15, 0.2) is 0 Å². The van der Waals surface area contributed by atoms with Crippen LogP contribution in [0.3, 0.4) is 0 Å². The number of nitrogens with zero attached hydrogens (tertiary/aromatic N) is 1. The summed E-state index contributed by atoms with van der Waals surface area (Å²) in [4.78, 5) is 2.55. The lowest BCUT2D eigenvalue weighted by Crippen LogP contribution is -2.26. The van der Waals surface area contributed by atoms with Crippen LogP contribution >= 0.6 is 0 Å². The molecule has 0 amide bonds. The SMILES string of the molecule is CC(C)=CCN1CCCC1C. The lowest BCUT2D eigenvalue weighted by Gasteiger charge is -2.18. The molecule has 0 radical (unpaired) electrons. The summed E-state index contributed by atoms with van der Waals surface area (Å²) in [6.45, 7) is 9.11. The van der Waals surface area contributed by atoms with Gasteiger partial charge in [0.25, 0.3) is 0 Å². The molecule has 1 saturated heterocycles. The predicted octanol–water partition coefficient (Wildman–Crippen LogP) is 2.44. The van der Waals surface area contributed by atoms with Crippen molar-refractivity contribution >= 4 is 0 Å². The molecule has 11 heavy (non-hydrogen) atoms. The molecule has 0 bridgehead atoms. The highest BCUT2D eigenvalue weighted by atomic mass is 15.2. The number of rotatable bonds is 2. The van der Waals surface area contributed by atoms with Gasteiger partial charge in [-0.2, -0.15) is 0 Å². The van der Waals surface area contributed by atoms with Crippen LogP contribution in [0.4, 0.5) is 0 Å². The van der Waals surface area contributed by atoms with Gasteiger partial charge in [-0.3, -0.25) is 4.90 Å². The zero-order chi connectivity index (χ0) is 8.27. The Kier molecular flexibility index (Phi) is 3.13. The van der Waals surface area contributed by atoms with Crippen molar-refractivity contribution < 1.29 is 0 Å². The minimum absolute atomic E-state index is 0.811. The van der Waals surface area contributed by atoms with Crippen molar-refractivity contribution in [2.75, 3.05) is 13.1 Å². The van der Waals surface area contributed by atoms with E-state index in [2.05, 4.69) is 31.7 Å². The van der Waals surface area contributed by atoms with Gasteiger partial charge in [0.05, 0.1) is 0 Å². The van der Waals surface area contributed by atoms with Gasteiger partial charge in [-0.05, 0) is 40.2 Å². The van der Waals surface area contributed by atoms with Gasteiger partial charge in [0.1, 0.15) is 0 Å². The maximum atomic E-state index is 2.55. The van der Waals surface area contributed by atoms with Crippen LogP contribution in [0.1, 0.15) is 33.6 Å². The molecule has 1 heteroatoms. The summed E-state index contributed by atoms with van der Waals surface area (Å²) in [6, 6.07) is 0.811. The van der Waals surface area contributed by atoms with Crippen molar-refractivity contribution in [1.29, 1.82) is 0 Å². The molecule has 1 fully saturated rings. The summed E-state index contributed by atoms with van der Waals surface area (Å²) >= 11 is 0. The largest absolute Gasteiger partial charge is 0.297 e. The molecule has 1 nitrogen and oxygen atoms in total. The smallest absolute Gasteiger partial charge is 0.0168 e. The molecule has 0 aliphatic carbocycles. The topological polar surface area (TPSA) is 3.24 Å². The first-order chi connectivity index (χ1) is 5.20. The molecule has 1 heterocycles. The Morgan fingerprint density at radius 2 is 2.27 bits per heavy atom. The fourth-order valence-electron chi connectivity index (χ4n) is 1.56. The molecule has 1 aliphatic heterocycles. The predicted molar refractivity (Wildman–Crippen MR) is 49.7 cm³/mol. The van der Waals surface area contributed by atoms with E-state index < -0.39 is 0 Å². The molecule has 64 valence electrons. The number of likely N-dealkylation sites (tertiary alicyclic amines) is 1. The van der Waals surface area contributed by atoms with Crippen LogP contribution in [0.2, 0.25) is 0 Å². The number of allylic oxidation sites excluding steroid dienone is 1. The molecule has 0 aromatic carbocycles. The minimum atomic E-state index is 0.811. The van der Waals surface area contributed by atoms with Crippen LogP contribution < -0.4 is 0 Å². The Bertz CT molecular complexity index is 145. The average molecular weight is 153 g/mol. The van der Waals surface area contributed by atoms with Crippen molar-refractivity contribution in [1.82, 2.24) is 4.90 Å². The summed E-state index contributed by atoms with van der Waals surface area (Å²) in [5.41, 5.74) is 1.43. The third kappa shape index (κ3) is 2.66. The maximum Gasteiger partial charge on any atom is 0.0168 e. The highest BCUT2D eigenvalue weighted by molar-refractivity contribution is 4.96. The molecular formula is C10H19N. The number of hydrogen-bond donors (Lipinski definition) is 0. The second-order valence-corrected chi connectivity index (χ2v) is 3.77. The molecule has 1 rings (SSSR count). The van der Waals surface area contributed by atoms with Crippen LogP contribution in [0.25, 0.3) is 0 Å². The molecule has 1 atom stereocenters. The molecule has 0 aromatic rings. The fraction of sp³-hybridized carbons (Fsp3) is 0.800. The highest BCUT2D eigenvalue weighted by Gasteiger charge is 2.17. The summed E-state index contributed by atoms with van der Waals surface area (Å²) in [5, 5.41) is 0. The van der Waals surface area contributed by atoms with Crippen molar-refractivity contribution in [3.8, 4) is 0 Å². The Morgan fingerprint density at radius 3 is 2.73 bits per heavy atom. The van der Waals surface area contributed by atoms with E-state index >= 15 is 0 Å². The van der Waals surface area contributed by atoms with E-state index in [1.54, 1.807) is 0 Å². The van der Waals surface area contributed by atoms with Gasteiger partial charge >= 0.3 is 0 Å². The molecule has 0 spiro atoms. The van der Waals surface area contributed by atoms with Gasteiger partial charge in [-0.25, -0.2) is 0 Å². The normalized spacial score (nSPS) is 25.5. The van der Waals surface area contributed by atoms with Crippen molar-refractivity contribution in [3.05, 3.63) is 11.6 Å². The van der Waals surface area contributed by atoms with Crippen LogP contribution in [0.5, 0.6) is 0 Å². The summed E-state index contributed by atoms with van der Waals surface area (Å²) in [5.74, 6) is 0. The van der Waals surface area contributed by atoms with Crippen molar-refractivity contribution in [2.24, 2.45) is 0 Å². The summed E-state index contributed by atoms with van der Waals surface area (Å²) in [7, 11) is 0. The Balaban J connectivity index is 2.31. The second-order valence-electron chi connectivity index (χ2n) is 3.77. The average Bonchev–Trinajstić information content (AvgIpc) is 2.31. The quantitative estimate of drug-likeness (QED) is 0.551. The number of hydrogen-bond acceptors (Lipinski definition) is 1. The van der Waals surface area contributed by atoms with E-state index in [4.69, 9.17) is 0 Å². The lowest BCUT2D eigenvalue weighted by molar-refractivity contribution is 0.297. The Hall–Kier alpha value is -0.300.